The average Bonchev–Trinajstić information content (AvgIpc) is 3.22. The minimum absolute atomic E-state index is 0.0642. The molecule has 286 valence electrons. The zero-order valence-corrected chi connectivity index (χ0v) is 31.5. The lowest BCUT2D eigenvalue weighted by molar-refractivity contribution is 0.0697. The van der Waals surface area contributed by atoms with E-state index in [9.17, 15) is 19.2 Å². The number of halogens is 1. The number of H-pyrrole nitrogens is 1. The van der Waals surface area contributed by atoms with Gasteiger partial charge in [-0.3, -0.25) is 23.5 Å². The Hall–Kier alpha value is -6.79. The third kappa shape index (κ3) is 10.2. The maximum atomic E-state index is 11.9. The molecule has 0 bridgehead atoms. The van der Waals surface area contributed by atoms with E-state index in [0.29, 0.717) is 61.2 Å². The third-order valence-corrected chi connectivity index (χ3v) is 8.22. The number of carboxylic acid groups (broad SMARTS) is 1. The standard InChI is InChI=1S/C10H9BrN2O2.C10H10N2O3.C9H8N2O2.C8H9NO3/c1-15-7-2-3-9-8(4-7)10(14)13(5-11)6-12-9;1-15-7-2-3-9-8(4-7)10(14)12(6-13)5-11-9;1-13-6-2-3-8-7(4-6)9(12)11-5-10-8;1-12-5-2-3-7(9)6(4-5)8(10)11/h2-4,6H,5H2,1H3;2-5,13H,6H2,1H3;2-5H,1H3,(H,10,11,12);2-4H,9H2,1H3,(H,10,11). The van der Waals surface area contributed by atoms with Gasteiger partial charge in [0.1, 0.15) is 36.1 Å². The van der Waals surface area contributed by atoms with Gasteiger partial charge in [0.05, 0.1) is 84.8 Å². The van der Waals surface area contributed by atoms with Crippen molar-refractivity contribution >= 4 is 60.3 Å². The van der Waals surface area contributed by atoms with Crippen LogP contribution in [0.5, 0.6) is 23.0 Å². The predicted octanol–water partition coefficient (Wildman–Crippen LogP) is 4.02. The Morgan fingerprint density at radius 1 is 0.691 bits per heavy atom. The zero-order chi connectivity index (χ0) is 40.1. The first-order valence-electron chi connectivity index (χ1n) is 15.9. The van der Waals surface area contributed by atoms with Gasteiger partial charge in [0.25, 0.3) is 16.7 Å². The summed E-state index contributed by atoms with van der Waals surface area (Å²) in [6, 6.07) is 20.0. The molecule has 7 aromatic rings. The summed E-state index contributed by atoms with van der Waals surface area (Å²) in [6.45, 7) is -0.376. The van der Waals surface area contributed by atoms with Crippen LogP contribution in [0.15, 0.2) is 106 Å². The number of nitrogens with one attached hydrogen (secondary N) is 1. The summed E-state index contributed by atoms with van der Waals surface area (Å²) < 4.78 is 22.5. The van der Waals surface area contributed by atoms with Crippen LogP contribution in [0.1, 0.15) is 10.4 Å². The van der Waals surface area contributed by atoms with Crippen molar-refractivity contribution in [1.29, 1.82) is 0 Å². The number of alkyl halides is 1. The summed E-state index contributed by atoms with van der Waals surface area (Å²) in [5.74, 6) is 1.35. The van der Waals surface area contributed by atoms with Gasteiger partial charge in [-0.1, -0.05) is 15.9 Å². The molecular weight excluding hydrogens is 782 g/mol. The van der Waals surface area contributed by atoms with Gasteiger partial charge in [0, 0.05) is 5.69 Å². The number of aliphatic hydroxyl groups is 1. The number of ether oxygens (including phenoxy) is 4. The number of rotatable bonds is 7. The largest absolute Gasteiger partial charge is 0.497 e. The number of hydrogen-bond donors (Lipinski definition) is 4. The summed E-state index contributed by atoms with van der Waals surface area (Å²) in [6.07, 6.45) is 4.22. The molecule has 0 atom stereocenters. The normalized spacial score (nSPS) is 10.2. The molecule has 0 unspecified atom stereocenters. The number of benzene rings is 4. The number of carboxylic acids is 1. The number of methoxy groups -OCH3 is 4. The van der Waals surface area contributed by atoms with Crippen molar-refractivity contribution in [3.8, 4) is 23.0 Å². The highest BCUT2D eigenvalue weighted by molar-refractivity contribution is 9.08. The van der Waals surface area contributed by atoms with E-state index >= 15 is 0 Å². The Bertz CT molecular complexity index is 2500. The van der Waals surface area contributed by atoms with Crippen LogP contribution in [0.3, 0.4) is 0 Å². The average molecular weight is 819 g/mol. The van der Waals surface area contributed by atoms with E-state index in [-0.39, 0.29) is 34.7 Å². The number of anilines is 1. The molecule has 0 aliphatic rings. The number of aliphatic hydroxyl groups excluding tert-OH is 1. The topological polar surface area (TPSA) is 236 Å². The first kappa shape index (κ1) is 41.0. The molecule has 7 rings (SSSR count). The van der Waals surface area contributed by atoms with Gasteiger partial charge in [-0.2, -0.15) is 0 Å². The van der Waals surface area contributed by atoms with Crippen molar-refractivity contribution in [2.75, 3.05) is 34.2 Å². The molecule has 3 aromatic heterocycles. The Morgan fingerprint density at radius 2 is 1.13 bits per heavy atom. The van der Waals surface area contributed by atoms with Crippen LogP contribution in [0, 0.1) is 0 Å². The maximum Gasteiger partial charge on any atom is 0.337 e. The fraction of sp³-hybridized carbons (Fsp3) is 0.162. The first-order chi connectivity index (χ1) is 26.5. The second-order valence-electron chi connectivity index (χ2n) is 10.9. The highest BCUT2D eigenvalue weighted by atomic mass is 79.9. The molecule has 18 heteroatoms. The van der Waals surface area contributed by atoms with E-state index in [2.05, 4.69) is 35.9 Å². The number of nitrogens with zero attached hydrogens (tertiary/aromatic N) is 5. The summed E-state index contributed by atoms with van der Waals surface area (Å²) in [7, 11) is 6.13. The fourth-order valence-corrected chi connectivity index (χ4v) is 5.10. The maximum absolute atomic E-state index is 11.9. The van der Waals surface area contributed by atoms with Crippen molar-refractivity contribution in [3.05, 3.63) is 128 Å². The van der Waals surface area contributed by atoms with Gasteiger partial charge in [0.15, 0.2) is 0 Å². The summed E-state index contributed by atoms with van der Waals surface area (Å²) in [5, 5.41) is 19.1. The molecule has 3 heterocycles. The van der Waals surface area contributed by atoms with Crippen LogP contribution < -0.4 is 41.4 Å². The monoisotopic (exact) mass is 817 g/mol. The molecule has 0 saturated carbocycles. The van der Waals surface area contributed by atoms with Crippen LogP contribution in [-0.2, 0) is 12.2 Å². The number of aromatic nitrogens is 6. The van der Waals surface area contributed by atoms with E-state index < -0.39 is 5.97 Å². The minimum atomic E-state index is -1.05. The Kier molecular flexibility index (Phi) is 14.4. The van der Waals surface area contributed by atoms with Crippen LogP contribution in [0.25, 0.3) is 32.7 Å². The molecule has 0 radical (unpaired) electrons. The molecule has 0 amide bonds. The van der Waals surface area contributed by atoms with E-state index in [0.717, 1.165) is 4.57 Å². The van der Waals surface area contributed by atoms with Crippen LogP contribution in [-0.4, -0.2) is 73.7 Å². The number of hydrogen-bond acceptors (Lipinski definition) is 13. The zero-order valence-electron chi connectivity index (χ0n) is 29.9. The number of nitrogens with two attached hydrogens (primary N) is 1. The number of fused-ring (bicyclic) bond motifs is 3. The summed E-state index contributed by atoms with van der Waals surface area (Å²) in [4.78, 5) is 60.2. The van der Waals surface area contributed by atoms with Crippen LogP contribution in [0.2, 0.25) is 0 Å². The molecule has 0 fully saturated rings. The second-order valence-corrected chi connectivity index (χ2v) is 11.4. The van der Waals surface area contributed by atoms with Crippen LogP contribution >= 0.6 is 15.9 Å². The van der Waals surface area contributed by atoms with Gasteiger partial charge in [-0.25, -0.2) is 19.7 Å². The summed E-state index contributed by atoms with van der Waals surface area (Å²) >= 11 is 3.22. The molecule has 5 N–H and O–H groups in total. The van der Waals surface area contributed by atoms with Gasteiger partial charge < -0.3 is 39.9 Å². The highest BCUT2D eigenvalue weighted by Crippen LogP contribution is 2.20. The quantitative estimate of drug-likeness (QED) is 0.131. The number of aromatic carboxylic acids is 1. The molecule has 0 saturated heterocycles. The van der Waals surface area contributed by atoms with E-state index in [1.54, 1.807) is 74.9 Å². The number of carbonyl (C=O) groups is 1. The van der Waals surface area contributed by atoms with Crippen molar-refractivity contribution in [1.82, 2.24) is 29.1 Å². The highest BCUT2D eigenvalue weighted by Gasteiger charge is 2.09. The van der Waals surface area contributed by atoms with Crippen molar-refractivity contribution in [2.45, 2.75) is 12.2 Å². The third-order valence-electron chi connectivity index (χ3n) is 7.68. The molecule has 0 spiro atoms. The lowest BCUT2D eigenvalue weighted by Crippen LogP contribution is -2.20. The summed E-state index contributed by atoms with van der Waals surface area (Å²) in [5.41, 5.74) is 7.59. The van der Waals surface area contributed by atoms with Crippen molar-refractivity contribution in [3.63, 3.8) is 0 Å². The molecular formula is C37H36BrN7O10. The molecule has 0 aliphatic carbocycles. The van der Waals surface area contributed by atoms with E-state index in [1.165, 1.54) is 49.9 Å². The van der Waals surface area contributed by atoms with Gasteiger partial charge in [-0.15, -0.1) is 0 Å². The second kappa shape index (κ2) is 19.3. The van der Waals surface area contributed by atoms with E-state index in [1.807, 2.05) is 0 Å². The number of aromatic amines is 1. The smallest absolute Gasteiger partial charge is 0.337 e. The van der Waals surface area contributed by atoms with Gasteiger partial charge in [0.2, 0.25) is 0 Å². The Morgan fingerprint density at radius 3 is 1.60 bits per heavy atom. The lowest BCUT2D eigenvalue weighted by atomic mass is 10.2. The van der Waals surface area contributed by atoms with Crippen LogP contribution in [0.4, 0.5) is 5.69 Å². The number of nitrogen functional groups attached to an aromatic ring is 1. The van der Waals surface area contributed by atoms with Gasteiger partial charge >= 0.3 is 5.97 Å². The predicted molar refractivity (Wildman–Crippen MR) is 210 cm³/mol. The Balaban J connectivity index is 0.000000164. The Labute approximate surface area is 320 Å². The fourth-order valence-electron chi connectivity index (χ4n) is 4.74. The van der Waals surface area contributed by atoms with E-state index in [4.69, 9.17) is 34.9 Å². The van der Waals surface area contributed by atoms with Crippen molar-refractivity contribution < 1.29 is 34.0 Å². The molecule has 0 aliphatic heterocycles. The molecule has 17 nitrogen and oxygen atoms in total. The lowest BCUT2D eigenvalue weighted by Gasteiger charge is -2.04. The van der Waals surface area contributed by atoms with Crippen molar-refractivity contribution in [2.24, 2.45) is 0 Å². The molecule has 55 heavy (non-hydrogen) atoms. The molecule has 4 aromatic carbocycles. The SMILES string of the molecule is COc1ccc(N)c(C(=O)O)c1.COc1ccc2nc[nH]c(=O)c2c1.COc1ccc2ncn(CBr)c(=O)c2c1.COc1ccc2ncn(CO)c(=O)c2c1. The minimum Gasteiger partial charge on any atom is -0.497 e. The first-order valence-corrected chi connectivity index (χ1v) is 17.0. The van der Waals surface area contributed by atoms with Gasteiger partial charge in [-0.05, 0) is 72.8 Å².